The molecule has 0 heterocycles. The van der Waals surface area contributed by atoms with Crippen molar-refractivity contribution in [3.8, 4) is 5.75 Å². The molecule has 0 aliphatic carbocycles. The Hall–Kier alpha value is -3.02. The highest BCUT2D eigenvalue weighted by Crippen LogP contribution is 2.19. The second-order valence-electron chi connectivity index (χ2n) is 4.73. The molecule has 22 heavy (non-hydrogen) atoms. The number of rotatable bonds is 3. The fourth-order valence-electron chi connectivity index (χ4n) is 1.84. The van der Waals surface area contributed by atoms with Gasteiger partial charge in [0.2, 0.25) is 0 Å². The maximum atomic E-state index is 11.9. The van der Waals surface area contributed by atoms with E-state index in [4.69, 9.17) is 10.5 Å². The molecule has 2 aromatic rings. The molecule has 0 saturated carbocycles. The molecule has 0 bridgehead atoms. The van der Waals surface area contributed by atoms with Gasteiger partial charge in [-0.3, -0.25) is 9.59 Å². The fraction of sp³-hybridized carbons (Fsp3) is 0.125. The van der Waals surface area contributed by atoms with Crippen molar-refractivity contribution in [3.63, 3.8) is 0 Å². The summed E-state index contributed by atoms with van der Waals surface area (Å²) >= 11 is 0. The molecule has 2 rings (SSSR count). The lowest BCUT2D eigenvalue weighted by molar-refractivity contribution is -0.132. The Morgan fingerprint density at radius 3 is 2.23 bits per heavy atom. The van der Waals surface area contributed by atoms with Gasteiger partial charge in [-0.25, -0.2) is 0 Å². The number of carbonyl (C=O) groups excluding carboxylic acids is 2. The smallest absolute Gasteiger partial charge is 0.314 e. The van der Waals surface area contributed by atoms with Crippen molar-refractivity contribution in [1.29, 1.82) is 0 Å². The van der Waals surface area contributed by atoms with Gasteiger partial charge in [-0.15, -0.1) is 0 Å². The first-order chi connectivity index (χ1) is 10.5. The van der Waals surface area contributed by atoms with Crippen LogP contribution in [0.1, 0.15) is 5.56 Å². The van der Waals surface area contributed by atoms with Gasteiger partial charge in [-0.2, -0.15) is 0 Å². The van der Waals surface area contributed by atoms with E-state index in [2.05, 4.69) is 10.6 Å². The summed E-state index contributed by atoms with van der Waals surface area (Å²) in [5.41, 5.74) is 8.07. The molecule has 0 unspecified atom stereocenters. The zero-order chi connectivity index (χ0) is 16.1. The van der Waals surface area contributed by atoms with Crippen LogP contribution in [-0.4, -0.2) is 18.9 Å². The number of benzene rings is 2. The summed E-state index contributed by atoms with van der Waals surface area (Å²) in [4.78, 5) is 23.7. The van der Waals surface area contributed by atoms with Crippen LogP contribution in [0.4, 0.5) is 17.1 Å². The second kappa shape index (κ2) is 6.62. The Morgan fingerprint density at radius 1 is 1.00 bits per heavy atom. The lowest BCUT2D eigenvalue weighted by Crippen LogP contribution is -2.29. The van der Waals surface area contributed by atoms with Gasteiger partial charge >= 0.3 is 11.8 Å². The summed E-state index contributed by atoms with van der Waals surface area (Å²) in [6.07, 6.45) is 0. The Kier molecular flexibility index (Phi) is 4.63. The molecule has 2 amide bonds. The first-order valence-electron chi connectivity index (χ1n) is 6.62. The minimum atomic E-state index is -0.786. The molecule has 2 aromatic carbocycles. The predicted molar refractivity (Wildman–Crippen MR) is 85.8 cm³/mol. The Morgan fingerprint density at radius 2 is 1.64 bits per heavy atom. The third-order valence-corrected chi connectivity index (χ3v) is 3.01. The highest BCUT2D eigenvalue weighted by atomic mass is 16.5. The molecule has 6 heteroatoms. The Balaban J connectivity index is 2.01. The van der Waals surface area contributed by atoms with Gasteiger partial charge in [0.05, 0.1) is 18.5 Å². The van der Waals surface area contributed by atoms with Crippen LogP contribution in [0, 0.1) is 6.92 Å². The fourth-order valence-corrected chi connectivity index (χ4v) is 1.84. The average Bonchev–Trinajstić information content (AvgIpc) is 2.50. The first kappa shape index (κ1) is 15.4. The molecular weight excluding hydrogens is 282 g/mol. The van der Waals surface area contributed by atoms with Crippen molar-refractivity contribution < 1.29 is 14.3 Å². The topological polar surface area (TPSA) is 93.4 Å². The van der Waals surface area contributed by atoms with Crippen molar-refractivity contribution in [3.05, 3.63) is 48.0 Å². The zero-order valence-corrected chi connectivity index (χ0v) is 12.3. The van der Waals surface area contributed by atoms with Crippen molar-refractivity contribution in [2.45, 2.75) is 6.92 Å². The summed E-state index contributed by atoms with van der Waals surface area (Å²) < 4.78 is 5.02. The standard InChI is InChI=1S/C16H17N3O3/c1-10-3-8-14(13(17)9-10)19-16(21)15(20)18-11-4-6-12(22-2)7-5-11/h3-9H,17H2,1-2H3,(H,18,20)(H,19,21). The highest BCUT2D eigenvalue weighted by molar-refractivity contribution is 6.43. The van der Waals surface area contributed by atoms with Crippen LogP contribution >= 0.6 is 0 Å². The lowest BCUT2D eigenvalue weighted by atomic mass is 10.2. The molecule has 0 aliphatic rings. The summed E-state index contributed by atoms with van der Waals surface area (Å²) in [6, 6.07) is 11.8. The molecule has 0 atom stereocenters. The van der Waals surface area contributed by atoms with E-state index in [1.54, 1.807) is 49.6 Å². The van der Waals surface area contributed by atoms with Gasteiger partial charge in [0, 0.05) is 5.69 Å². The number of carbonyl (C=O) groups is 2. The molecule has 6 nitrogen and oxygen atoms in total. The van der Waals surface area contributed by atoms with Crippen LogP contribution < -0.4 is 21.1 Å². The Bertz CT molecular complexity index is 696. The third kappa shape index (κ3) is 3.76. The molecule has 0 spiro atoms. The van der Waals surface area contributed by atoms with E-state index >= 15 is 0 Å². The van der Waals surface area contributed by atoms with E-state index in [1.165, 1.54) is 0 Å². The number of methoxy groups -OCH3 is 1. The zero-order valence-electron chi connectivity index (χ0n) is 12.3. The summed E-state index contributed by atoms with van der Waals surface area (Å²) in [5.74, 6) is -0.897. The molecular formula is C16H17N3O3. The second-order valence-corrected chi connectivity index (χ2v) is 4.73. The van der Waals surface area contributed by atoms with Crippen molar-refractivity contribution in [2.75, 3.05) is 23.5 Å². The minimum Gasteiger partial charge on any atom is -0.497 e. The number of nitrogens with one attached hydrogen (secondary N) is 2. The average molecular weight is 299 g/mol. The predicted octanol–water partition coefficient (Wildman–Crippen LogP) is 2.16. The van der Waals surface area contributed by atoms with Crippen LogP contribution in [0.25, 0.3) is 0 Å². The number of hydrogen-bond donors (Lipinski definition) is 3. The quantitative estimate of drug-likeness (QED) is 0.598. The van der Waals surface area contributed by atoms with Crippen molar-refractivity contribution in [1.82, 2.24) is 0 Å². The van der Waals surface area contributed by atoms with Crippen molar-refractivity contribution in [2.24, 2.45) is 0 Å². The van der Waals surface area contributed by atoms with Crippen molar-refractivity contribution >= 4 is 28.9 Å². The number of anilines is 3. The van der Waals surface area contributed by atoms with Crippen LogP contribution in [0.2, 0.25) is 0 Å². The summed E-state index contributed by atoms with van der Waals surface area (Å²) in [6.45, 7) is 1.89. The normalized spacial score (nSPS) is 9.91. The number of hydrogen-bond acceptors (Lipinski definition) is 4. The largest absolute Gasteiger partial charge is 0.497 e. The first-order valence-corrected chi connectivity index (χ1v) is 6.62. The van der Waals surface area contributed by atoms with Crippen LogP contribution in [-0.2, 0) is 9.59 Å². The van der Waals surface area contributed by atoms with Gasteiger partial charge < -0.3 is 21.1 Å². The lowest BCUT2D eigenvalue weighted by Gasteiger charge is -2.09. The molecule has 114 valence electrons. The van der Waals surface area contributed by atoms with Gasteiger partial charge in [-0.1, -0.05) is 6.07 Å². The Labute approximate surface area is 128 Å². The highest BCUT2D eigenvalue weighted by Gasteiger charge is 2.15. The van der Waals surface area contributed by atoms with Crippen LogP contribution in [0.5, 0.6) is 5.75 Å². The maximum absolute atomic E-state index is 11.9. The monoisotopic (exact) mass is 299 g/mol. The SMILES string of the molecule is COc1ccc(NC(=O)C(=O)Nc2ccc(C)cc2N)cc1. The number of amides is 2. The van der Waals surface area contributed by atoms with Crippen LogP contribution in [0.3, 0.4) is 0 Å². The van der Waals surface area contributed by atoms with Gasteiger partial charge in [0.1, 0.15) is 5.75 Å². The van der Waals surface area contributed by atoms with Gasteiger partial charge in [0.25, 0.3) is 0 Å². The van der Waals surface area contributed by atoms with E-state index in [9.17, 15) is 9.59 Å². The molecule has 0 fully saturated rings. The van der Waals surface area contributed by atoms with E-state index in [0.717, 1.165) is 5.56 Å². The van der Waals surface area contributed by atoms with Gasteiger partial charge in [0.15, 0.2) is 0 Å². The van der Waals surface area contributed by atoms with E-state index in [-0.39, 0.29) is 0 Å². The third-order valence-electron chi connectivity index (χ3n) is 3.01. The molecule has 0 aliphatic heterocycles. The minimum absolute atomic E-state index is 0.403. The summed E-state index contributed by atoms with van der Waals surface area (Å²) in [7, 11) is 1.55. The number of aryl methyl sites for hydroxylation is 1. The van der Waals surface area contributed by atoms with E-state index in [0.29, 0.717) is 22.8 Å². The molecule has 0 aromatic heterocycles. The number of nitrogens with two attached hydrogens (primary N) is 1. The summed E-state index contributed by atoms with van der Waals surface area (Å²) in [5, 5.41) is 4.98. The maximum Gasteiger partial charge on any atom is 0.314 e. The van der Waals surface area contributed by atoms with Crippen LogP contribution in [0.15, 0.2) is 42.5 Å². The number of nitrogen functional groups attached to an aromatic ring is 1. The molecule has 0 saturated heterocycles. The van der Waals surface area contributed by atoms with Gasteiger partial charge in [-0.05, 0) is 48.9 Å². The molecule has 4 N–H and O–H groups in total. The molecule has 0 radical (unpaired) electrons. The van der Waals surface area contributed by atoms with E-state index < -0.39 is 11.8 Å². The number of ether oxygens (including phenoxy) is 1. The van der Waals surface area contributed by atoms with E-state index in [1.807, 2.05) is 6.92 Å².